The van der Waals surface area contributed by atoms with Crippen molar-refractivity contribution >= 4 is 51.4 Å². The number of thiocarbonyl (C=S) groups is 1. The topological polar surface area (TPSA) is 120 Å². The average Bonchev–Trinajstić information content (AvgIpc) is 2.99. The van der Waals surface area contributed by atoms with E-state index >= 15 is 0 Å². The van der Waals surface area contributed by atoms with Gasteiger partial charge in [0.2, 0.25) is 0 Å². The number of aryl methyl sites for hydroxylation is 1. The lowest BCUT2D eigenvalue weighted by Gasteiger charge is -2.30. The molecule has 44 heavy (non-hydrogen) atoms. The van der Waals surface area contributed by atoms with Gasteiger partial charge in [-0.15, -0.1) is 0 Å². The van der Waals surface area contributed by atoms with Crippen molar-refractivity contribution in [3.05, 3.63) is 98.7 Å². The summed E-state index contributed by atoms with van der Waals surface area (Å²) in [5.74, 6) is 0.512. The number of nitrogens with one attached hydrogen (secondary N) is 3. The van der Waals surface area contributed by atoms with Crippen LogP contribution in [0.4, 0.5) is 0 Å². The predicted molar refractivity (Wildman–Crippen MR) is 175 cm³/mol. The highest BCUT2D eigenvalue weighted by Gasteiger charge is 2.32. The van der Waals surface area contributed by atoms with E-state index in [0.29, 0.717) is 55.8 Å². The third-order valence-electron chi connectivity index (χ3n) is 6.47. The number of rotatable bonds is 12. The molecule has 0 spiro atoms. The summed E-state index contributed by atoms with van der Waals surface area (Å²) in [4.78, 5) is 25.4. The Bertz CT molecular complexity index is 1610. The number of carbonyl (C=O) groups excluding carboxylic acids is 2. The molecule has 10 nitrogen and oxygen atoms in total. The van der Waals surface area contributed by atoms with Gasteiger partial charge in [0.1, 0.15) is 12.4 Å². The molecule has 0 unspecified atom stereocenters. The van der Waals surface area contributed by atoms with E-state index in [1.165, 1.54) is 6.21 Å². The number of methoxy groups -OCH3 is 1. The minimum atomic E-state index is -0.628. The van der Waals surface area contributed by atoms with Gasteiger partial charge in [-0.1, -0.05) is 48.0 Å². The molecule has 0 saturated heterocycles. The molecule has 3 N–H and O–H groups in total. The normalized spacial score (nSPS) is 14.5. The van der Waals surface area contributed by atoms with Crippen molar-refractivity contribution in [1.82, 2.24) is 16.1 Å². The molecule has 0 aliphatic carbocycles. The largest absolute Gasteiger partial charge is 0.493 e. The minimum absolute atomic E-state index is 0.223. The second-order valence-electron chi connectivity index (χ2n) is 9.72. The molecule has 0 bridgehead atoms. The Labute approximate surface area is 269 Å². The Morgan fingerprint density at radius 2 is 1.86 bits per heavy atom. The van der Waals surface area contributed by atoms with Crippen molar-refractivity contribution in [2.45, 2.75) is 33.4 Å². The standard InChI is InChI=1S/C32H33BrN4O6S/c1-5-41-31(39)28-20(3)35-32(44)36-29(28)23-11-6-7-12-25(23)42-18-27(38)37-34-16-22-14-24(33)30(26(15-22)40-4)43-17-21-10-8-9-19(2)13-21/h6-16,29H,5,17-18H2,1-4H3,(H,37,38)(H2,35,36,44)/t29-/m0/s1. The number of allylic oxidation sites excluding steroid dienone is 1. The van der Waals surface area contributed by atoms with Crippen LogP contribution >= 0.6 is 28.1 Å². The number of carbonyl (C=O) groups is 2. The van der Waals surface area contributed by atoms with Crippen molar-refractivity contribution < 1.29 is 28.5 Å². The number of hydrazone groups is 1. The molecule has 4 rings (SSSR count). The molecule has 0 saturated carbocycles. The summed E-state index contributed by atoms with van der Waals surface area (Å²) >= 11 is 8.87. The van der Waals surface area contributed by atoms with E-state index in [2.05, 4.69) is 43.2 Å². The first-order chi connectivity index (χ1) is 21.2. The fourth-order valence-electron chi connectivity index (χ4n) is 4.52. The van der Waals surface area contributed by atoms with E-state index in [1.807, 2.05) is 37.3 Å². The van der Waals surface area contributed by atoms with E-state index < -0.39 is 17.9 Å². The van der Waals surface area contributed by atoms with Gasteiger partial charge in [0, 0.05) is 11.3 Å². The number of hydrogen-bond donors (Lipinski definition) is 3. The van der Waals surface area contributed by atoms with Crippen LogP contribution in [0.5, 0.6) is 17.2 Å². The first-order valence-electron chi connectivity index (χ1n) is 13.7. The van der Waals surface area contributed by atoms with Crippen LogP contribution in [0, 0.1) is 6.92 Å². The summed E-state index contributed by atoms with van der Waals surface area (Å²) < 4.78 is 23.3. The number of amides is 1. The number of ether oxygens (including phenoxy) is 4. The number of benzene rings is 3. The summed E-state index contributed by atoms with van der Waals surface area (Å²) in [7, 11) is 1.55. The quantitative estimate of drug-likeness (QED) is 0.102. The molecule has 1 amide bonds. The SMILES string of the molecule is CCOC(=O)C1=C(C)NC(=S)N[C@H]1c1ccccc1OCC(=O)NN=Cc1cc(Br)c(OCc2cccc(C)c2)c(OC)c1. The first-order valence-corrected chi connectivity index (χ1v) is 14.9. The first kappa shape index (κ1) is 32.5. The maximum Gasteiger partial charge on any atom is 0.338 e. The van der Waals surface area contributed by atoms with Crippen molar-refractivity contribution in [3.8, 4) is 17.2 Å². The molecule has 0 aromatic heterocycles. The summed E-state index contributed by atoms with van der Waals surface area (Å²) in [6.07, 6.45) is 1.49. The third kappa shape index (κ3) is 8.35. The van der Waals surface area contributed by atoms with Gasteiger partial charge in [0.05, 0.1) is 36.0 Å². The van der Waals surface area contributed by atoms with E-state index in [9.17, 15) is 9.59 Å². The molecular formula is C32H33BrN4O6S. The van der Waals surface area contributed by atoms with Crippen molar-refractivity contribution in [3.63, 3.8) is 0 Å². The van der Waals surface area contributed by atoms with E-state index in [4.69, 9.17) is 31.2 Å². The highest BCUT2D eigenvalue weighted by atomic mass is 79.9. The lowest BCUT2D eigenvalue weighted by atomic mass is 9.95. The molecule has 3 aromatic carbocycles. The number of nitrogens with zero attached hydrogens (tertiary/aromatic N) is 1. The second kappa shape index (κ2) is 15.3. The molecule has 1 heterocycles. The zero-order valence-electron chi connectivity index (χ0n) is 24.7. The fourth-order valence-corrected chi connectivity index (χ4v) is 5.37. The molecule has 0 radical (unpaired) electrons. The number of para-hydroxylation sites is 1. The molecule has 1 atom stereocenters. The Balaban J connectivity index is 1.40. The van der Waals surface area contributed by atoms with Crippen LogP contribution in [-0.4, -0.2) is 43.5 Å². The molecule has 1 aliphatic heterocycles. The van der Waals surface area contributed by atoms with Gasteiger partial charge in [-0.2, -0.15) is 5.10 Å². The van der Waals surface area contributed by atoms with Gasteiger partial charge < -0.3 is 29.6 Å². The Hall–Kier alpha value is -4.42. The fraction of sp³-hybridized carbons (Fsp3) is 0.250. The van der Waals surface area contributed by atoms with Gasteiger partial charge in [-0.3, -0.25) is 4.79 Å². The van der Waals surface area contributed by atoms with Crippen molar-refractivity contribution in [1.29, 1.82) is 0 Å². The minimum Gasteiger partial charge on any atom is -0.493 e. The molecule has 3 aromatic rings. The highest BCUT2D eigenvalue weighted by Crippen LogP contribution is 2.37. The van der Waals surface area contributed by atoms with Crippen LogP contribution in [0.1, 0.15) is 42.1 Å². The van der Waals surface area contributed by atoms with Crippen LogP contribution in [-0.2, 0) is 20.9 Å². The van der Waals surface area contributed by atoms with Gasteiger partial charge >= 0.3 is 5.97 Å². The zero-order valence-corrected chi connectivity index (χ0v) is 27.1. The third-order valence-corrected chi connectivity index (χ3v) is 7.28. The Morgan fingerprint density at radius 1 is 1.07 bits per heavy atom. The summed E-state index contributed by atoms with van der Waals surface area (Å²) in [5, 5.41) is 10.5. The summed E-state index contributed by atoms with van der Waals surface area (Å²) in [5.41, 5.74) is 6.91. The van der Waals surface area contributed by atoms with Gasteiger partial charge in [-0.25, -0.2) is 10.2 Å². The van der Waals surface area contributed by atoms with Crippen LogP contribution < -0.4 is 30.3 Å². The van der Waals surface area contributed by atoms with Gasteiger partial charge in [0.25, 0.3) is 5.91 Å². The molecule has 1 aliphatic rings. The maximum atomic E-state index is 12.8. The van der Waals surface area contributed by atoms with E-state index in [1.54, 1.807) is 45.2 Å². The Morgan fingerprint density at radius 3 is 2.61 bits per heavy atom. The zero-order chi connectivity index (χ0) is 31.6. The Kier molecular flexibility index (Phi) is 11.3. The summed E-state index contributed by atoms with van der Waals surface area (Å²) in [6, 6.07) is 18.1. The van der Waals surface area contributed by atoms with Gasteiger partial charge in [0.15, 0.2) is 23.2 Å². The van der Waals surface area contributed by atoms with Crippen molar-refractivity contribution in [2.24, 2.45) is 5.10 Å². The van der Waals surface area contributed by atoms with Crippen LogP contribution in [0.3, 0.4) is 0 Å². The van der Waals surface area contributed by atoms with Crippen molar-refractivity contribution in [2.75, 3.05) is 20.3 Å². The van der Waals surface area contributed by atoms with Crippen LogP contribution in [0.2, 0.25) is 0 Å². The predicted octanol–water partition coefficient (Wildman–Crippen LogP) is 5.23. The van der Waals surface area contributed by atoms with Crippen LogP contribution in [0.25, 0.3) is 0 Å². The summed E-state index contributed by atoms with van der Waals surface area (Å²) in [6.45, 7) is 5.80. The number of esters is 1. The smallest absolute Gasteiger partial charge is 0.338 e. The van der Waals surface area contributed by atoms with Crippen LogP contribution in [0.15, 0.2) is 81.5 Å². The maximum absolute atomic E-state index is 12.8. The molecule has 12 heteroatoms. The molecular weight excluding hydrogens is 648 g/mol. The number of halogens is 1. The lowest BCUT2D eigenvalue weighted by Crippen LogP contribution is -2.45. The van der Waals surface area contributed by atoms with E-state index in [0.717, 1.165) is 11.1 Å². The molecule has 0 fully saturated rings. The lowest BCUT2D eigenvalue weighted by molar-refractivity contribution is -0.139. The van der Waals surface area contributed by atoms with Gasteiger partial charge in [-0.05, 0) is 78.2 Å². The average molecular weight is 682 g/mol. The second-order valence-corrected chi connectivity index (χ2v) is 11.0. The molecule has 230 valence electrons. The number of hydrogen-bond acceptors (Lipinski definition) is 8. The van der Waals surface area contributed by atoms with E-state index in [-0.39, 0.29) is 13.2 Å². The highest BCUT2D eigenvalue weighted by molar-refractivity contribution is 9.10. The monoisotopic (exact) mass is 680 g/mol.